The number of hydrogen-bond acceptors (Lipinski definition) is 2. The molecule has 2 rings (SSSR count). The van der Waals surface area contributed by atoms with Crippen LogP contribution in [0, 0.1) is 11.8 Å². The van der Waals surface area contributed by atoms with Crippen molar-refractivity contribution in [3.05, 3.63) is 52.4 Å². The lowest BCUT2D eigenvalue weighted by Crippen LogP contribution is -1.89. The quantitative estimate of drug-likeness (QED) is 0.268. The normalized spacial score (nSPS) is 9.32. The summed E-state index contributed by atoms with van der Waals surface area (Å²) >= 11 is 0. The third kappa shape index (κ3) is 2.98. The summed E-state index contributed by atoms with van der Waals surface area (Å²) in [5.74, 6) is 6.88. The van der Waals surface area contributed by atoms with Crippen LogP contribution in [-0.4, -0.2) is 13.7 Å². The molecule has 4 nitrogen and oxygen atoms in total. The van der Waals surface area contributed by atoms with Crippen molar-refractivity contribution in [2.45, 2.75) is 6.42 Å². The first kappa shape index (κ1) is 12.8. The van der Waals surface area contributed by atoms with E-state index in [-0.39, 0.29) is 0 Å². The van der Waals surface area contributed by atoms with Crippen LogP contribution in [0.3, 0.4) is 0 Å². The highest BCUT2D eigenvalue weighted by atomic mass is 16.5. The molecule has 0 N–H and O–H groups in total. The van der Waals surface area contributed by atoms with E-state index in [0.29, 0.717) is 13.0 Å². The summed E-state index contributed by atoms with van der Waals surface area (Å²) in [6.07, 6.45) is 0.538. The molecule has 0 spiro atoms. The number of fused-ring (bicyclic) bond motifs is 1. The van der Waals surface area contributed by atoms with Gasteiger partial charge in [0, 0.05) is 23.3 Å². The maximum atomic E-state index is 8.20. The van der Waals surface area contributed by atoms with Crippen molar-refractivity contribution < 1.29 is 4.74 Å². The van der Waals surface area contributed by atoms with Gasteiger partial charge < -0.3 is 4.74 Å². The summed E-state index contributed by atoms with van der Waals surface area (Å²) in [6.45, 7) is 0.385. The van der Waals surface area contributed by atoms with Crippen molar-refractivity contribution in [2.24, 2.45) is 5.11 Å². The Labute approximate surface area is 111 Å². The fourth-order valence-electron chi connectivity index (χ4n) is 1.85. The van der Waals surface area contributed by atoms with Crippen molar-refractivity contribution >= 4 is 10.8 Å². The van der Waals surface area contributed by atoms with Crippen LogP contribution in [-0.2, 0) is 0 Å². The maximum Gasteiger partial charge on any atom is 0.135 e. The van der Waals surface area contributed by atoms with Crippen molar-refractivity contribution in [3.63, 3.8) is 0 Å². The van der Waals surface area contributed by atoms with Gasteiger partial charge in [-0.1, -0.05) is 47.3 Å². The van der Waals surface area contributed by atoms with Gasteiger partial charge >= 0.3 is 0 Å². The molecule has 0 aromatic heterocycles. The topological polar surface area (TPSA) is 58.0 Å². The number of methoxy groups -OCH3 is 1. The summed E-state index contributed by atoms with van der Waals surface area (Å²) in [7, 11) is 1.63. The number of rotatable bonds is 3. The van der Waals surface area contributed by atoms with Gasteiger partial charge in [0.05, 0.1) is 12.7 Å². The summed E-state index contributed by atoms with van der Waals surface area (Å²) < 4.78 is 5.35. The first-order valence-corrected chi connectivity index (χ1v) is 5.92. The second kappa shape index (κ2) is 6.34. The zero-order valence-corrected chi connectivity index (χ0v) is 10.6. The van der Waals surface area contributed by atoms with E-state index in [2.05, 4.69) is 21.9 Å². The van der Waals surface area contributed by atoms with Crippen molar-refractivity contribution in [1.82, 2.24) is 0 Å². The highest BCUT2D eigenvalue weighted by Crippen LogP contribution is 2.26. The molecule has 2 aromatic rings. The molecule has 0 radical (unpaired) electrons. The van der Waals surface area contributed by atoms with Gasteiger partial charge in [-0.15, -0.1) is 0 Å². The molecule has 0 aliphatic rings. The first-order valence-electron chi connectivity index (χ1n) is 5.92. The first-order chi connectivity index (χ1) is 9.36. The maximum absolute atomic E-state index is 8.20. The van der Waals surface area contributed by atoms with Crippen molar-refractivity contribution in [1.29, 1.82) is 0 Å². The third-order valence-electron chi connectivity index (χ3n) is 2.72. The van der Waals surface area contributed by atoms with E-state index < -0.39 is 0 Å². The molecule has 0 amide bonds. The lowest BCUT2D eigenvalue weighted by molar-refractivity contribution is 0.414. The molecule has 4 heteroatoms. The average Bonchev–Trinajstić information content (AvgIpc) is 2.47. The molecule has 0 fully saturated rings. The molecule has 0 bridgehead atoms. The van der Waals surface area contributed by atoms with Crippen molar-refractivity contribution in [3.8, 4) is 17.6 Å². The van der Waals surface area contributed by atoms with E-state index in [0.717, 1.165) is 22.1 Å². The van der Waals surface area contributed by atoms with Gasteiger partial charge in [-0.05, 0) is 17.0 Å². The number of ether oxygens (including phenoxy) is 1. The second-order valence-electron chi connectivity index (χ2n) is 3.87. The molecule has 0 saturated heterocycles. The Morgan fingerprint density at radius 2 is 2.11 bits per heavy atom. The van der Waals surface area contributed by atoms with E-state index in [1.807, 2.05) is 36.4 Å². The predicted molar refractivity (Wildman–Crippen MR) is 76.0 cm³/mol. The Morgan fingerprint density at radius 1 is 1.26 bits per heavy atom. The van der Waals surface area contributed by atoms with Crippen LogP contribution in [0.1, 0.15) is 12.0 Å². The van der Waals surface area contributed by atoms with Gasteiger partial charge in [0.2, 0.25) is 0 Å². The van der Waals surface area contributed by atoms with Crippen LogP contribution in [0.15, 0.2) is 41.5 Å². The number of azide groups is 1. The Balaban J connectivity index is 2.41. The molecule has 0 atom stereocenters. The van der Waals surface area contributed by atoms with Crippen LogP contribution in [0.4, 0.5) is 0 Å². The molecule has 0 heterocycles. The average molecular weight is 251 g/mol. The minimum absolute atomic E-state index is 0.385. The molecule has 94 valence electrons. The van der Waals surface area contributed by atoms with Crippen LogP contribution in [0.2, 0.25) is 0 Å². The molecule has 0 saturated carbocycles. The van der Waals surface area contributed by atoms with Gasteiger partial charge in [0.15, 0.2) is 0 Å². The van der Waals surface area contributed by atoms with Crippen LogP contribution >= 0.6 is 0 Å². The Kier molecular flexibility index (Phi) is 4.28. The monoisotopic (exact) mass is 251 g/mol. The van der Waals surface area contributed by atoms with Gasteiger partial charge in [-0.2, -0.15) is 0 Å². The van der Waals surface area contributed by atoms with E-state index in [9.17, 15) is 0 Å². The Hall–Kier alpha value is -2.63. The van der Waals surface area contributed by atoms with Crippen molar-refractivity contribution in [2.75, 3.05) is 13.7 Å². The number of nitrogens with zero attached hydrogens (tertiary/aromatic N) is 3. The number of benzene rings is 2. The highest BCUT2D eigenvalue weighted by Gasteiger charge is 2.04. The minimum Gasteiger partial charge on any atom is -0.495 e. The molecular weight excluding hydrogens is 238 g/mol. The highest BCUT2D eigenvalue weighted by molar-refractivity contribution is 5.90. The third-order valence-corrected chi connectivity index (χ3v) is 2.72. The summed E-state index contributed by atoms with van der Waals surface area (Å²) in [6, 6.07) is 12.0. The smallest absolute Gasteiger partial charge is 0.135 e. The molecule has 0 aliphatic heterocycles. The summed E-state index contributed by atoms with van der Waals surface area (Å²) in [4.78, 5) is 2.70. The van der Waals surface area contributed by atoms with E-state index >= 15 is 0 Å². The Morgan fingerprint density at radius 3 is 2.89 bits per heavy atom. The second-order valence-corrected chi connectivity index (χ2v) is 3.87. The molecule has 0 aliphatic carbocycles. The van der Waals surface area contributed by atoms with E-state index in [4.69, 9.17) is 10.3 Å². The van der Waals surface area contributed by atoms with Gasteiger partial charge in [-0.25, -0.2) is 0 Å². The largest absolute Gasteiger partial charge is 0.495 e. The standard InChI is InChI=1S/C15H13N3O/c1-19-15-10-9-12-6-2-3-7-13(12)14(15)8-4-5-11-17-18-16/h2-3,6-7,9-10H,5,11H2,1H3. The van der Waals surface area contributed by atoms with Gasteiger partial charge in [-0.3, -0.25) is 0 Å². The fourth-order valence-corrected chi connectivity index (χ4v) is 1.85. The number of hydrogen-bond donors (Lipinski definition) is 0. The predicted octanol–water partition coefficient (Wildman–Crippen LogP) is 3.90. The fraction of sp³-hybridized carbons (Fsp3) is 0.200. The molecule has 19 heavy (non-hydrogen) atoms. The van der Waals surface area contributed by atoms with Gasteiger partial charge in [0.1, 0.15) is 5.75 Å². The van der Waals surface area contributed by atoms with Crippen LogP contribution in [0.25, 0.3) is 21.2 Å². The lowest BCUT2D eigenvalue weighted by Gasteiger charge is -2.06. The van der Waals surface area contributed by atoms with E-state index in [1.54, 1.807) is 7.11 Å². The zero-order valence-electron chi connectivity index (χ0n) is 10.6. The molecular formula is C15H13N3O. The summed E-state index contributed by atoms with van der Waals surface area (Å²) in [5.41, 5.74) is 9.07. The van der Waals surface area contributed by atoms with Crippen LogP contribution in [0.5, 0.6) is 5.75 Å². The minimum atomic E-state index is 0.385. The zero-order chi connectivity index (χ0) is 13.5. The molecule has 2 aromatic carbocycles. The SMILES string of the molecule is COc1ccc2ccccc2c1C#CCCN=[N+]=[N-]. The van der Waals surface area contributed by atoms with E-state index in [1.165, 1.54) is 0 Å². The summed E-state index contributed by atoms with van der Waals surface area (Å²) in [5, 5.41) is 5.65. The van der Waals surface area contributed by atoms with Gasteiger partial charge in [0.25, 0.3) is 0 Å². The Bertz CT molecular complexity index is 691. The molecule has 0 unspecified atom stereocenters. The van der Waals surface area contributed by atoms with Crippen LogP contribution < -0.4 is 4.74 Å². The lowest BCUT2D eigenvalue weighted by atomic mass is 10.0.